The second-order valence-corrected chi connectivity index (χ2v) is 7.59. The minimum atomic E-state index is -4.23. The molecule has 0 aromatic heterocycles. The molecule has 2 aromatic carbocycles. The lowest BCUT2D eigenvalue weighted by Gasteiger charge is -2.25. The van der Waals surface area contributed by atoms with E-state index in [-0.39, 0.29) is 22.0 Å². The fraction of sp³-hybridized carbons (Fsp3) is 0.188. The molecule has 0 aliphatic carbocycles. The van der Waals surface area contributed by atoms with Gasteiger partial charge in [-0.1, -0.05) is 11.6 Å². The molecule has 0 saturated heterocycles. The summed E-state index contributed by atoms with van der Waals surface area (Å²) in [5.74, 6) is -1.18. The Hall–Kier alpha value is -2.85. The number of nitro benzene ring substituents is 1. The van der Waals surface area contributed by atoms with Crippen molar-refractivity contribution in [2.45, 2.75) is 11.3 Å². The van der Waals surface area contributed by atoms with Gasteiger partial charge in [0.05, 0.1) is 23.3 Å². The molecule has 0 saturated carbocycles. The van der Waals surface area contributed by atoms with Crippen molar-refractivity contribution in [2.24, 2.45) is 0 Å². The molecule has 27 heavy (non-hydrogen) atoms. The summed E-state index contributed by atoms with van der Waals surface area (Å²) in [7, 11) is -2.96. The number of aliphatic carboxylic acids is 1. The fourth-order valence-electron chi connectivity index (χ4n) is 2.29. The van der Waals surface area contributed by atoms with Crippen molar-refractivity contribution in [3.05, 3.63) is 57.6 Å². The number of carboxylic acids is 1. The number of sulfonamides is 1. The minimum Gasteiger partial charge on any atom is -0.495 e. The largest absolute Gasteiger partial charge is 0.495 e. The molecule has 0 radical (unpaired) electrons. The van der Waals surface area contributed by atoms with Crippen molar-refractivity contribution >= 4 is 39.0 Å². The Kier molecular flexibility index (Phi) is 6.24. The molecule has 0 aliphatic rings. The topological polar surface area (TPSA) is 127 Å². The molecule has 2 aromatic rings. The molecule has 0 unspecified atom stereocenters. The maximum absolute atomic E-state index is 13.1. The number of rotatable bonds is 8. The molecular weight excluding hydrogens is 400 g/mol. The highest BCUT2D eigenvalue weighted by Crippen LogP contribution is 2.35. The average molecular weight is 415 g/mol. The van der Waals surface area contributed by atoms with Gasteiger partial charge in [0.1, 0.15) is 11.4 Å². The van der Waals surface area contributed by atoms with E-state index in [1.807, 2.05) is 0 Å². The highest BCUT2D eigenvalue weighted by molar-refractivity contribution is 7.92. The summed E-state index contributed by atoms with van der Waals surface area (Å²) in [6, 6.07) is 8.69. The summed E-state index contributed by atoms with van der Waals surface area (Å²) in [6.45, 7) is -0.447. The van der Waals surface area contributed by atoms with Gasteiger partial charge in [-0.25, -0.2) is 8.42 Å². The maximum Gasteiger partial charge on any atom is 0.305 e. The van der Waals surface area contributed by atoms with Gasteiger partial charge in [-0.05, 0) is 30.3 Å². The Labute approximate surface area is 159 Å². The third kappa shape index (κ3) is 4.66. The van der Waals surface area contributed by atoms with Crippen LogP contribution in [0.3, 0.4) is 0 Å². The van der Waals surface area contributed by atoms with E-state index in [0.29, 0.717) is 5.02 Å². The average Bonchev–Trinajstić information content (AvgIpc) is 2.61. The molecule has 0 atom stereocenters. The zero-order chi connectivity index (χ0) is 20.2. The number of hydrogen-bond acceptors (Lipinski definition) is 6. The molecule has 1 N–H and O–H groups in total. The van der Waals surface area contributed by atoms with Crippen LogP contribution in [0.5, 0.6) is 5.75 Å². The third-order valence-corrected chi connectivity index (χ3v) is 5.65. The SMILES string of the molecule is COc1ccc([N+](=O)[O-])cc1N(CCC(=O)O)S(=O)(=O)c1ccc(Cl)cc1. The van der Waals surface area contributed by atoms with E-state index in [9.17, 15) is 23.3 Å². The first-order valence-electron chi connectivity index (χ1n) is 7.49. The Bertz CT molecular complexity index is 961. The smallest absolute Gasteiger partial charge is 0.305 e. The molecule has 144 valence electrons. The van der Waals surface area contributed by atoms with Crippen LogP contribution in [0.1, 0.15) is 6.42 Å². The van der Waals surface area contributed by atoms with E-state index in [4.69, 9.17) is 21.4 Å². The maximum atomic E-state index is 13.1. The van der Waals surface area contributed by atoms with Crippen LogP contribution >= 0.6 is 11.6 Å². The van der Waals surface area contributed by atoms with Gasteiger partial charge in [-0.15, -0.1) is 0 Å². The van der Waals surface area contributed by atoms with E-state index < -0.39 is 33.9 Å². The van der Waals surface area contributed by atoms with Gasteiger partial charge < -0.3 is 9.84 Å². The quantitative estimate of drug-likeness (QED) is 0.519. The van der Waals surface area contributed by atoms with Crippen LogP contribution in [-0.4, -0.2) is 38.1 Å². The van der Waals surface area contributed by atoms with Gasteiger partial charge in [0.15, 0.2) is 0 Å². The first-order chi connectivity index (χ1) is 12.7. The Morgan fingerprint density at radius 3 is 2.41 bits per heavy atom. The highest BCUT2D eigenvalue weighted by atomic mass is 35.5. The summed E-state index contributed by atoms with van der Waals surface area (Å²) < 4.78 is 32.0. The van der Waals surface area contributed by atoms with Crippen molar-refractivity contribution in [1.82, 2.24) is 0 Å². The summed E-state index contributed by atoms with van der Waals surface area (Å²) in [4.78, 5) is 21.2. The van der Waals surface area contributed by atoms with Crippen LogP contribution in [0.15, 0.2) is 47.4 Å². The number of carbonyl (C=O) groups is 1. The zero-order valence-corrected chi connectivity index (χ0v) is 15.6. The van der Waals surface area contributed by atoms with Crippen LogP contribution in [-0.2, 0) is 14.8 Å². The number of nitrogens with zero attached hydrogens (tertiary/aromatic N) is 2. The van der Waals surface area contributed by atoms with Gasteiger partial charge in [0, 0.05) is 23.7 Å². The Morgan fingerprint density at radius 2 is 1.89 bits per heavy atom. The molecule has 0 amide bonds. The normalized spacial score (nSPS) is 11.0. The summed E-state index contributed by atoms with van der Waals surface area (Å²) in [5, 5.41) is 20.4. The second-order valence-electron chi connectivity index (χ2n) is 5.29. The number of hydrogen-bond donors (Lipinski definition) is 1. The molecule has 0 bridgehead atoms. The van der Waals surface area contributed by atoms with Crippen molar-refractivity contribution in [3.8, 4) is 5.75 Å². The number of anilines is 1. The van der Waals surface area contributed by atoms with Gasteiger partial charge in [-0.2, -0.15) is 0 Å². The number of methoxy groups -OCH3 is 1. The van der Waals surface area contributed by atoms with Crippen LogP contribution in [0.2, 0.25) is 5.02 Å². The van der Waals surface area contributed by atoms with Crippen LogP contribution in [0.4, 0.5) is 11.4 Å². The minimum absolute atomic E-state index is 0.0449. The van der Waals surface area contributed by atoms with E-state index in [1.54, 1.807) is 0 Å². The lowest BCUT2D eigenvalue weighted by molar-refractivity contribution is -0.384. The van der Waals surface area contributed by atoms with E-state index >= 15 is 0 Å². The number of halogens is 1. The molecular formula is C16H15ClN2O7S. The van der Waals surface area contributed by atoms with Gasteiger partial charge in [0.2, 0.25) is 0 Å². The summed E-state index contributed by atoms with van der Waals surface area (Å²) in [6.07, 6.45) is -0.515. The van der Waals surface area contributed by atoms with E-state index in [0.717, 1.165) is 16.4 Å². The predicted octanol–water partition coefficient (Wildman–Crippen LogP) is 2.93. The number of non-ortho nitro benzene ring substituents is 1. The molecule has 9 nitrogen and oxygen atoms in total. The van der Waals surface area contributed by atoms with Gasteiger partial charge in [0.25, 0.3) is 15.7 Å². The summed E-state index contributed by atoms with van der Waals surface area (Å²) >= 11 is 5.78. The first-order valence-corrected chi connectivity index (χ1v) is 9.31. The lowest BCUT2D eigenvalue weighted by atomic mass is 10.2. The second kappa shape index (κ2) is 8.23. The van der Waals surface area contributed by atoms with Crippen molar-refractivity contribution in [1.29, 1.82) is 0 Å². The Morgan fingerprint density at radius 1 is 1.26 bits per heavy atom. The molecule has 0 fully saturated rings. The monoisotopic (exact) mass is 414 g/mol. The van der Waals surface area contributed by atoms with Crippen LogP contribution < -0.4 is 9.04 Å². The molecule has 0 heterocycles. The molecule has 0 spiro atoms. The third-order valence-electron chi connectivity index (χ3n) is 3.57. The number of nitro groups is 1. The van der Waals surface area contributed by atoms with Gasteiger partial charge in [-0.3, -0.25) is 19.2 Å². The standard InChI is InChI=1S/C16H15ClN2O7S/c1-26-15-7-4-12(19(22)23)10-14(15)18(9-8-16(20)21)27(24,25)13-5-2-11(17)3-6-13/h2-7,10H,8-9H2,1H3,(H,20,21). The fourth-order valence-corrected chi connectivity index (χ4v) is 3.88. The van der Waals surface area contributed by atoms with Gasteiger partial charge >= 0.3 is 5.97 Å². The number of benzene rings is 2. The molecule has 0 aliphatic heterocycles. The highest BCUT2D eigenvalue weighted by Gasteiger charge is 2.29. The summed E-state index contributed by atoms with van der Waals surface area (Å²) in [5.41, 5.74) is -0.500. The van der Waals surface area contributed by atoms with Crippen LogP contribution in [0, 0.1) is 10.1 Å². The first kappa shape index (κ1) is 20.5. The number of ether oxygens (including phenoxy) is 1. The van der Waals surface area contributed by atoms with Crippen LogP contribution in [0.25, 0.3) is 0 Å². The predicted molar refractivity (Wildman–Crippen MR) is 97.9 cm³/mol. The zero-order valence-electron chi connectivity index (χ0n) is 14.0. The molecule has 11 heteroatoms. The van der Waals surface area contributed by atoms with Crippen molar-refractivity contribution < 1.29 is 28.0 Å². The van der Waals surface area contributed by atoms with Crippen molar-refractivity contribution in [3.63, 3.8) is 0 Å². The van der Waals surface area contributed by atoms with Crippen molar-refractivity contribution in [2.75, 3.05) is 18.0 Å². The lowest BCUT2D eigenvalue weighted by Crippen LogP contribution is -2.33. The number of carboxylic acid groups (broad SMARTS) is 1. The van der Waals surface area contributed by atoms with E-state index in [2.05, 4.69) is 0 Å². The van der Waals surface area contributed by atoms with E-state index in [1.165, 1.54) is 37.4 Å². The molecule has 2 rings (SSSR count). The Balaban J connectivity index is 2.64.